The fourth-order valence-corrected chi connectivity index (χ4v) is 1.23. The highest BCUT2D eigenvalue weighted by molar-refractivity contribution is 5.84. The van der Waals surface area contributed by atoms with E-state index in [2.05, 4.69) is 12.2 Å². The van der Waals surface area contributed by atoms with Gasteiger partial charge in [0.1, 0.15) is 5.82 Å². The number of unbranched alkanes of at least 4 members (excludes halogenated alkanes) is 2. The van der Waals surface area contributed by atoms with Gasteiger partial charge in [0.2, 0.25) is 0 Å². The number of carbonyl (C=O) groups is 1. The third-order valence-electron chi connectivity index (χ3n) is 2.09. The largest absolute Gasteiger partial charge is 0.449 e. The molecule has 0 aliphatic carbocycles. The Kier molecular flexibility index (Phi) is 5.32. The molecule has 0 fully saturated rings. The molecule has 0 spiro atoms. The number of anilines is 1. The van der Waals surface area contributed by atoms with E-state index >= 15 is 0 Å². The van der Waals surface area contributed by atoms with Gasteiger partial charge in [0.25, 0.3) is 0 Å². The van der Waals surface area contributed by atoms with Crippen molar-refractivity contribution in [1.29, 1.82) is 0 Å². The van der Waals surface area contributed by atoms with E-state index in [1.165, 1.54) is 12.1 Å². The van der Waals surface area contributed by atoms with Crippen LogP contribution in [0.5, 0.6) is 0 Å². The Morgan fingerprint density at radius 1 is 1.38 bits per heavy atom. The highest BCUT2D eigenvalue weighted by Gasteiger charge is 2.06. The van der Waals surface area contributed by atoms with Gasteiger partial charge >= 0.3 is 6.09 Å². The van der Waals surface area contributed by atoms with E-state index < -0.39 is 11.9 Å². The first kappa shape index (κ1) is 12.5. The monoisotopic (exact) mass is 225 g/mol. The van der Waals surface area contributed by atoms with Gasteiger partial charge in [-0.3, -0.25) is 5.32 Å². The topological polar surface area (TPSA) is 38.3 Å². The molecule has 0 saturated heterocycles. The van der Waals surface area contributed by atoms with E-state index in [0.717, 1.165) is 19.3 Å². The zero-order chi connectivity index (χ0) is 11.8. The van der Waals surface area contributed by atoms with Crippen molar-refractivity contribution in [2.24, 2.45) is 0 Å². The van der Waals surface area contributed by atoms with Gasteiger partial charge in [-0.25, -0.2) is 9.18 Å². The molecule has 0 aliphatic heterocycles. The van der Waals surface area contributed by atoms with Crippen LogP contribution >= 0.6 is 0 Å². The fraction of sp³-hybridized carbons (Fsp3) is 0.417. The van der Waals surface area contributed by atoms with Gasteiger partial charge in [-0.1, -0.05) is 31.9 Å². The number of para-hydroxylation sites is 1. The van der Waals surface area contributed by atoms with Gasteiger partial charge in [-0.15, -0.1) is 0 Å². The second-order valence-electron chi connectivity index (χ2n) is 3.45. The standard InChI is InChI=1S/C12H16FNO2/c1-2-3-6-9-16-12(15)14-11-8-5-4-7-10(11)13/h4-5,7-8H,2-3,6,9H2,1H3,(H,14,15). The van der Waals surface area contributed by atoms with Gasteiger partial charge in [-0.2, -0.15) is 0 Å². The van der Waals surface area contributed by atoms with E-state index in [9.17, 15) is 9.18 Å². The van der Waals surface area contributed by atoms with Crippen LogP contribution in [0.1, 0.15) is 26.2 Å². The Balaban J connectivity index is 2.32. The molecule has 1 aromatic carbocycles. The lowest BCUT2D eigenvalue weighted by Gasteiger charge is -2.07. The summed E-state index contributed by atoms with van der Waals surface area (Å²) in [5.74, 6) is -0.465. The summed E-state index contributed by atoms with van der Waals surface area (Å²) >= 11 is 0. The first-order chi connectivity index (χ1) is 7.74. The fourth-order valence-electron chi connectivity index (χ4n) is 1.23. The number of amides is 1. The minimum atomic E-state index is -0.610. The number of hydrogen-bond donors (Lipinski definition) is 1. The summed E-state index contributed by atoms with van der Waals surface area (Å²) in [7, 11) is 0. The molecule has 0 aliphatic rings. The van der Waals surface area contributed by atoms with Crippen LogP contribution in [-0.4, -0.2) is 12.7 Å². The summed E-state index contributed by atoms with van der Waals surface area (Å²) in [6, 6.07) is 5.98. The molecular weight excluding hydrogens is 209 g/mol. The Bertz CT molecular complexity index is 342. The van der Waals surface area contributed by atoms with E-state index in [0.29, 0.717) is 6.61 Å². The van der Waals surface area contributed by atoms with Crippen LogP contribution in [0.2, 0.25) is 0 Å². The molecule has 4 heteroatoms. The van der Waals surface area contributed by atoms with Gasteiger partial charge in [-0.05, 0) is 18.6 Å². The van der Waals surface area contributed by atoms with E-state index in [4.69, 9.17) is 4.74 Å². The van der Waals surface area contributed by atoms with Crippen LogP contribution in [0.4, 0.5) is 14.9 Å². The molecule has 1 rings (SSSR count). The number of halogens is 1. The van der Waals surface area contributed by atoms with Crippen molar-refractivity contribution in [3.8, 4) is 0 Å². The lowest BCUT2D eigenvalue weighted by atomic mass is 10.3. The molecule has 0 bridgehead atoms. The number of nitrogens with one attached hydrogen (secondary N) is 1. The van der Waals surface area contributed by atoms with Crippen molar-refractivity contribution in [3.05, 3.63) is 30.1 Å². The average Bonchev–Trinajstić information content (AvgIpc) is 2.28. The molecule has 0 saturated carbocycles. The zero-order valence-corrected chi connectivity index (χ0v) is 9.33. The van der Waals surface area contributed by atoms with Gasteiger partial charge in [0.05, 0.1) is 12.3 Å². The summed E-state index contributed by atoms with van der Waals surface area (Å²) in [6.07, 6.45) is 2.31. The van der Waals surface area contributed by atoms with E-state index in [1.54, 1.807) is 12.1 Å². The lowest BCUT2D eigenvalue weighted by Crippen LogP contribution is -2.15. The number of hydrogen-bond acceptors (Lipinski definition) is 2. The minimum Gasteiger partial charge on any atom is -0.449 e. The Labute approximate surface area is 94.6 Å². The molecule has 0 unspecified atom stereocenters. The predicted octanol–water partition coefficient (Wildman–Crippen LogP) is 3.56. The first-order valence-electron chi connectivity index (χ1n) is 5.42. The Hall–Kier alpha value is -1.58. The van der Waals surface area contributed by atoms with Gasteiger partial charge in [0, 0.05) is 0 Å². The number of carbonyl (C=O) groups excluding carboxylic acids is 1. The maximum Gasteiger partial charge on any atom is 0.411 e. The Morgan fingerprint density at radius 3 is 2.81 bits per heavy atom. The van der Waals surface area contributed by atoms with Crippen molar-refractivity contribution >= 4 is 11.8 Å². The predicted molar refractivity (Wildman–Crippen MR) is 60.9 cm³/mol. The highest BCUT2D eigenvalue weighted by atomic mass is 19.1. The van der Waals surface area contributed by atoms with Crippen LogP contribution < -0.4 is 5.32 Å². The number of rotatable bonds is 5. The second kappa shape index (κ2) is 6.82. The van der Waals surface area contributed by atoms with Gasteiger partial charge in [0.15, 0.2) is 0 Å². The molecule has 0 aromatic heterocycles. The molecule has 88 valence electrons. The van der Waals surface area contributed by atoms with Gasteiger partial charge < -0.3 is 4.74 Å². The minimum absolute atomic E-state index is 0.142. The number of benzene rings is 1. The third-order valence-corrected chi connectivity index (χ3v) is 2.09. The lowest BCUT2D eigenvalue weighted by molar-refractivity contribution is 0.159. The van der Waals surface area contributed by atoms with Crippen molar-refractivity contribution in [2.45, 2.75) is 26.2 Å². The zero-order valence-electron chi connectivity index (χ0n) is 9.33. The Morgan fingerprint density at radius 2 is 2.12 bits per heavy atom. The van der Waals surface area contributed by atoms with Crippen LogP contribution in [0, 0.1) is 5.82 Å². The van der Waals surface area contributed by atoms with Crippen molar-refractivity contribution in [3.63, 3.8) is 0 Å². The quantitative estimate of drug-likeness (QED) is 0.778. The van der Waals surface area contributed by atoms with Crippen LogP contribution in [0.25, 0.3) is 0 Å². The molecule has 16 heavy (non-hydrogen) atoms. The summed E-state index contributed by atoms with van der Waals surface area (Å²) in [5.41, 5.74) is 0.142. The summed E-state index contributed by atoms with van der Waals surface area (Å²) in [4.78, 5) is 11.2. The normalized spacial score (nSPS) is 9.88. The second-order valence-corrected chi connectivity index (χ2v) is 3.45. The van der Waals surface area contributed by atoms with E-state index in [1.807, 2.05) is 0 Å². The SMILES string of the molecule is CCCCCOC(=O)Nc1ccccc1F. The maximum atomic E-state index is 13.1. The molecule has 3 nitrogen and oxygen atoms in total. The van der Waals surface area contributed by atoms with Crippen LogP contribution in [0.15, 0.2) is 24.3 Å². The summed E-state index contributed by atoms with van der Waals surface area (Å²) in [6.45, 7) is 2.44. The summed E-state index contributed by atoms with van der Waals surface area (Å²) < 4.78 is 18.0. The average molecular weight is 225 g/mol. The molecule has 0 radical (unpaired) electrons. The highest BCUT2D eigenvalue weighted by Crippen LogP contribution is 2.12. The van der Waals surface area contributed by atoms with Crippen molar-refractivity contribution < 1.29 is 13.9 Å². The summed E-state index contributed by atoms with van der Waals surface area (Å²) in [5, 5.41) is 2.35. The smallest absolute Gasteiger partial charge is 0.411 e. The van der Waals surface area contributed by atoms with E-state index in [-0.39, 0.29) is 5.69 Å². The maximum absolute atomic E-state index is 13.1. The van der Waals surface area contributed by atoms with Crippen molar-refractivity contribution in [2.75, 3.05) is 11.9 Å². The third kappa shape index (κ3) is 4.29. The molecule has 1 aromatic rings. The van der Waals surface area contributed by atoms with Crippen molar-refractivity contribution in [1.82, 2.24) is 0 Å². The van der Waals surface area contributed by atoms with Crippen LogP contribution in [0.3, 0.4) is 0 Å². The molecule has 1 N–H and O–H groups in total. The number of ether oxygens (including phenoxy) is 1. The molecule has 1 amide bonds. The van der Waals surface area contributed by atoms with Crippen LogP contribution in [-0.2, 0) is 4.74 Å². The first-order valence-corrected chi connectivity index (χ1v) is 5.42. The molecule has 0 atom stereocenters. The molecule has 0 heterocycles. The molecular formula is C12H16FNO2.